The fourth-order valence-electron chi connectivity index (χ4n) is 3.03. The lowest BCUT2D eigenvalue weighted by Gasteiger charge is -2.52. The average molecular weight is 257 g/mol. The van der Waals surface area contributed by atoms with Gasteiger partial charge in [0.25, 0.3) is 0 Å². The summed E-state index contributed by atoms with van der Waals surface area (Å²) in [5.41, 5.74) is 0.301. The van der Waals surface area contributed by atoms with E-state index in [1.165, 1.54) is 25.0 Å². The summed E-state index contributed by atoms with van der Waals surface area (Å²) in [5.74, 6) is 1.34. The molecule has 0 spiro atoms. The van der Waals surface area contributed by atoms with Gasteiger partial charge in [-0.3, -0.25) is 0 Å². The number of hydrogen-bond acceptors (Lipinski definition) is 3. The molecule has 1 aliphatic carbocycles. The molecular formula is C14H27NOS. The van der Waals surface area contributed by atoms with Gasteiger partial charge in [-0.1, -0.05) is 13.8 Å². The van der Waals surface area contributed by atoms with E-state index in [4.69, 9.17) is 4.74 Å². The molecule has 0 amide bonds. The Morgan fingerprint density at radius 2 is 2.12 bits per heavy atom. The number of ether oxygens (including phenoxy) is 1. The first-order valence-corrected chi connectivity index (χ1v) is 7.95. The maximum absolute atomic E-state index is 5.78. The first kappa shape index (κ1) is 13.7. The van der Waals surface area contributed by atoms with Crippen LogP contribution in [0.2, 0.25) is 0 Å². The first-order chi connectivity index (χ1) is 7.98. The van der Waals surface area contributed by atoms with Crippen molar-refractivity contribution in [3.8, 4) is 0 Å². The number of nitrogens with one attached hydrogen (secondary N) is 1. The Bertz CT molecular complexity index is 261. The second-order valence-corrected chi connectivity index (χ2v) is 8.02. The highest BCUT2D eigenvalue weighted by atomic mass is 32.2. The van der Waals surface area contributed by atoms with E-state index < -0.39 is 0 Å². The Balaban J connectivity index is 1.78. The quantitative estimate of drug-likeness (QED) is 0.818. The van der Waals surface area contributed by atoms with E-state index in [1.807, 2.05) is 0 Å². The maximum atomic E-state index is 5.78. The molecular weight excluding hydrogens is 230 g/mol. The van der Waals surface area contributed by atoms with Crippen LogP contribution in [0.4, 0.5) is 0 Å². The van der Waals surface area contributed by atoms with Crippen LogP contribution < -0.4 is 5.32 Å². The van der Waals surface area contributed by atoms with Crippen molar-refractivity contribution >= 4 is 11.8 Å². The minimum atomic E-state index is 0.301. The van der Waals surface area contributed by atoms with Crippen LogP contribution in [0.25, 0.3) is 0 Å². The lowest BCUT2D eigenvalue weighted by Crippen LogP contribution is -2.62. The summed E-state index contributed by atoms with van der Waals surface area (Å²) in [6.45, 7) is 11.2. The Labute approximate surface area is 110 Å². The summed E-state index contributed by atoms with van der Waals surface area (Å²) in [6.07, 6.45) is 4.39. The van der Waals surface area contributed by atoms with E-state index in [0.29, 0.717) is 22.3 Å². The van der Waals surface area contributed by atoms with E-state index in [9.17, 15) is 0 Å². The standard InChI is InChI=1S/C14H27NOS/c1-5-16-12-9-11(13(12,2)3)15-10-14(4)7-6-8-17-14/h11-12,15H,5-10H2,1-4H3. The summed E-state index contributed by atoms with van der Waals surface area (Å²) in [4.78, 5) is 0. The van der Waals surface area contributed by atoms with Gasteiger partial charge in [0.15, 0.2) is 0 Å². The lowest BCUT2D eigenvalue weighted by atomic mass is 9.64. The van der Waals surface area contributed by atoms with Gasteiger partial charge in [0.1, 0.15) is 0 Å². The van der Waals surface area contributed by atoms with Gasteiger partial charge in [0.05, 0.1) is 6.10 Å². The minimum absolute atomic E-state index is 0.301. The predicted octanol–water partition coefficient (Wildman–Crippen LogP) is 3.07. The fraction of sp³-hybridized carbons (Fsp3) is 1.00. The highest BCUT2D eigenvalue weighted by Gasteiger charge is 2.49. The summed E-state index contributed by atoms with van der Waals surface area (Å²) < 4.78 is 6.25. The van der Waals surface area contributed by atoms with Crippen LogP contribution in [0.3, 0.4) is 0 Å². The summed E-state index contributed by atoms with van der Waals surface area (Å²) in [7, 11) is 0. The van der Waals surface area contributed by atoms with Gasteiger partial charge in [0, 0.05) is 29.4 Å². The molecule has 1 aliphatic heterocycles. The zero-order valence-corrected chi connectivity index (χ0v) is 12.5. The van der Waals surface area contributed by atoms with E-state index in [1.54, 1.807) is 0 Å². The lowest BCUT2D eigenvalue weighted by molar-refractivity contribution is -0.114. The molecule has 1 N–H and O–H groups in total. The molecule has 2 fully saturated rings. The van der Waals surface area contributed by atoms with Crippen LogP contribution in [0.5, 0.6) is 0 Å². The van der Waals surface area contributed by atoms with Gasteiger partial charge >= 0.3 is 0 Å². The van der Waals surface area contributed by atoms with Gasteiger partial charge in [0.2, 0.25) is 0 Å². The molecule has 2 aliphatic rings. The molecule has 0 aromatic carbocycles. The van der Waals surface area contributed by atoms with Crippen molar-refractivity contribution in [3.63, 3.8) is 0 Å². The molecule has 2 rings (SSSR count). The third kappa shape index (κ3) is 2.82. The van der Waals surface area contributed by atoms with Crippen molar-refractivity contribution in [1.29, 1.82) is 0 Å². The van der Waals surface area contributed by atoms with Crippen LogP contribution in [0.15, 0.2) is 0 Å². The maximum Gasteiger partial charge on any atom is 0.0655 e. The van der Waals surface area contributed by atoms with Crippen LogP contribution >= 0.6 is 11.8 Å². The van der Waals surface area contributed by atoms with Gasteiger partial charge in [-0.15, -0.1) is 0 Å². The Hall–Kier alpha value is 0.270. The molecule has 1 saturated heterocycles. The smallest absolute Gasteiger partial charge is 0.0655 e. The normalized spacial score (nSPS) is 40.2. The van der Waals surface area contributed by atoms with Crippen LogP contribution in [-0.4, -0.2) is 35.8 Å². The molecule has 3 heteroatoms. The second-order valence-electron chi connectivity index (χ2n) is 6.34. The van der Waals surface area contributed by atoms with Gasteiger partial charge in [-0.05, 0) is 38.9 Å². The molecule has 0 radical (unpaired) electrons. The number of hydrogen-bond donors (Lipinski definition) is 1. The molecule has 3 unspecified atom stereocenters. The van der Waals surface area contributed by atoms with Crippen LogP contribution in [0.1, 0.15) is 47.0 Å². The molecule has 100 valence electrons. The zero-order chi connectivity index (χ0) is 12.5. The number of rotatable bonds is 5. The molecule has 1 saturated carbocycles. The van der Waals surface area contributed by atoms with Gasteiger partial charge < -0.3 is 10.1 Å². The Kier molecular flexibility index (Phi) is 4.11. The van der Waals surface area contributed by atoms with Crippen molar-refractivity contribution < 1.29 is 4.74 Å². The molecule has 1 heterocycles. The molecule has 3 atom stereocenters. The SMILES string of the molecule is CCOC1CC(NCC2(C)CCCS2)C1(C)C. The fourth-order valence-corrected chi connectivity index (χ4v) is 4.29. The molecule has 17 heavy (non-hydrogen) atoms. The third-order valence-corrected chi connectivity index (χ3v) is 6.11. The van der Waals surface area contributed by atoms with Crippen molar-refractivity contribution in [2.75, 3.05) is 18.9 Å². The highest BCUT2D eigenvalue weighted by Crippen LogP contribution is 2.44. The molecule has 0 bridgehead atoms. The van der Waals surface area contributed by atoms with Crippen LogP contribution in [-0.2, 0) is 4.74 Å². The highest BCUT2D eigenvalue weighted by molar-refractivity contribution is 8.00. The predicted molar refractivity (Wildman–Crippen MR) is 75.7 cm³/mol. The Morgan fingerprint density at radius 1 is 1.35 bits per heavy atom. The van der Waals surface area contributed by atoms with E-state index in [2.05, 4.69) is 44.8 Å². The van der Waals surface area contributed by atoms with Crippen molar-refractivity contribution in [2.45, 2.75) is 63.9 Å². The minimum Gasteiger partial charge on any atom is -0.378 e. The van der Waals surface area contributed by atoms with Gasteiger partial charge in [-0.2, -0.15) is 11.8 Å². The summed E-state index contributed by atoms with van der Waals surface area (Å²) in [6, 6.07) is 0.636. The molecule has 0 aromatic heterocycles. The topological polar surface area (TPSA) is 21.3 Å². The third-order valence-electron chi connectivity index (χ3n) is 4.57. The second kappa shape index (κ2) is 5.10. The average Bonchev–Trinajstić information content (AvgIpc) is 2.70. The Morgan fingerprint density at radius 3 is 2.65 bits per heavy atom. The van der Waals surface area contributed by atoms with Crippen molar-refractivity contribution in [3.05, 3.63) is 0 Å². The largest absolute Gasteiger partial charge is 0.378 e. The van der Waals surface area contributed by atoms with Crippen molar-refractivity contribution in [1.82, 2.24) is 5.32 Å². The van der Waals surface area contributed by atoms with E-state index >= 15 is 0 Å². The summed E-state index contributed by atoms with van der Waals surface area (Å²) in [5, 5.41) is 3.78. The molecule has 0 aromatic rings. The molecule has 2 nitrogen and oxygen atoms in total. The monoisotopic (exact) mass is 257 g/mol. The van der Waals surface area contributed by atoms with Crippen molar-refractivity contribution in [2.24, 2.45) is 5.41 Å². The van der Waals surface area contributed by atoms with E-state index in [0.717, 1.165) is 13.2 Å². The van der Waals surface area contributed by atoms with E-state index in [-0.39, 0.29) is 0 Å². The first-order valence-electron chi connectivity index (χ1n) is 6.97. The summed E-state index contributed by atoms with van der Waals surface area (Å²) >= 11 is 2.14. The van der Waals surface area contributed by atoms with Gasteiger partial charge in [-0.25, -0.2) is 0 Å². The zero-order valence-electron chi connectivity index (χ0n) is 11.7. The van der Waals surface area contributed by atoms with Crippen LogP contribution in [0, 0.1) is 5.41 Å². The number of thioether (sulfide) groups is 1.